The van der Waals surface area contributed by atoms with Crippen molar-refractivity contribution >= 4 is 22.7 Å². The zero-order valence-corrected chi connectivity index (χ0v) is 12.3. The van der Waals surface area contributed by atoms with Crippen LogP contribution in [-0.2, 0) is 9.53 Å². The molecule has 22 heavy (non-hydrogen) atoms. The van der Waals surface area contributed by atoms with E-state index in [0.717, 1.165) is 17.3 Å². The van der Waals surface area contributed by atoms with Crippen LogP contribution in [0.1, 0.15) is 23.8 Å². The lowest BCUT2D eigenvalue weighted by Crippen LogP contribution is -2.48. The molecule has 116 valence electrons. The lowest BCUT2D eigenvalue weighted by molar-refractivity contribution is -0.123. The highest BCUT2D eigenvalue weighted by molar-refractivity contribution is 6.05. The Morgan fingerprint density at radius 3 is 3.00 bits per heavy atom. The Labute approximate surface area is 127 Å². The summed E-state index contributed by atoms with van der Waals surface area (Å²) in [4.78, 5) is 24.3. The number of ether oxygens (including phenoxy) is 1. The van der Waals surface area contributed by atoms with E-state index in [1.54, 1.807) is 6.92 Å². The first-order valence-corrected chi connectivity index (χ1v) is 7.27. The molecular formula is C15H18N4O3. The van der Waals surface area contributed by atoms with Gasteiger partial charge in [-0.2, -0.15) is 5.10 Å². The Hall–Kier alpha value is -2.41. The van der Waals surface area contributed by atoms with Gasteiger partial charge in [0.15, 0.2) is 5.69 Å². The van der Waals surface area contributed by atoms with Crippen LogP contribution >= 0.6 is 0 Å². The molecule has 1 aromatic carbocycles. The van der Waals surface area contributed by atoms with Crippen LogP contribution in [0, 0.1) is 0 Å². The van der Waals surface area contributed by atoms with Gasteiger partial charge in [0, 0.05) is 12.0 Å². The summed E-state index contributed by atoms with van der Waals surface area (Å²) in [5, 5.41) is 13.1. The van der Waals surface area contributed by atoms with E-state index < -0.39 is 6.04 Å². The quantitative estimate of drug-likeness (QED) is 0.770. The van der Waals surface area contributed by atoms with E-state index in [2.05, 4.69) is 20.8 Å². The minimum absolute atomic E-state index is 0.0260. The van der Waals surface area contributed by atoms with Gasteiger partial charge in [-0.25, -0.2) is 0 Å². The smallest absolute Gasteiger partial charge is 0.273 e. The largest absolute Gasteiger partial charge is 0.379 e. The van der Waals surface area contributed by atoms with E-state index in [4.69, 9.17) is 4.74 Å². The minimum atomic E-state index is -0.636. The fourth-order valence-corrected chi connectivity index (χ4v) is 2.44. The van der Waals surface area contributed by atoms with Crippen molar-refractivity contribution in [1.82, 2.24) is 20.8 Å². The Balaban J connectivity index is 1.64. The number of carbonyl (C=O) groups is 2. The molecule has 0 bridgehead atoms. The Bertz CT molecular complexity index is 691. The Kier molecular flexibility index (Phi) is 4.06. The van der Waals surface area contributed by atoms with Gasteiger partial charge in [0.25, 0.3) is 5.91 Å². The molecule has 7 nitrogen and oxygen atoms in total. The number of fused-ring (bicyclic) bond motifs is 1. The van der Waals surface area contributed by atoms with Crippen molar-refractivity contribution in [2.45, 2.75) is 25.4 Å². The van der Waals surface area contributed by atoms with Gasteiger partial charge in [-0.3, -0.25) is 14.7 Å². The van der Waals surface area contributed by atoms with E-state index in [9.17, 15) is 9.59 Å². The van der Waals surface area contributed by atoms with Crippen LogP contribution in [-0.4, -0.2) is 47.3 Å². The topological polar surface area (TPSA) is 96.1 Å². The van der Waals surface area contributed by atoms with E-state index >= 15 is 0 Å². The summed E-state index contributed by atoms with van der Waals surface area (Å²) < 4.78 is 5.21. The second kappa shape index (κ2) is 6.15. The van der Waals surface area contributed by atoms with Crippen LogP contribution < -0.4 is 10.6 Å². The number of hydrogen-bond acceptors (Lipinski definition) is 4. The Morgan fingerprint density at radius 2 is 2.23 bits per heavy atom. The molecule has 2 amide bonds. The number of amides is 2. The van der Waals surface area contributed by atoms with Gasteiger partial charge in [-0.15, -0.1) is 0 Å². The summed E-state index contributed by atoms with van der Waals surface area (Å²) in [6.07, 6.45) is 0.802. The number of para-hydroxylation sites is 1. The van der Waals surface area contributed by atoms with Crippen molar-refractivity contribution in [3.8, 4) is 0 Å². The standard InChI is InChI=1S/C15H18N4O3/c1-9(14(20)17-10-6-7-22-8-10)16-15(21)13-11-4-2-3-5-12(11)18-19-13/h2-5,9-10H,6-8H2,1H3,(H,16,21)(H,17,20)(H,18,19)/t9-,10-/m1/s1. The normalized spacial score (nSPS) is 19.0. The number of nitrogens with one attached hydrogen (secondary N) is 3. The van der Waals surface area contributed by atoms with Crippen molar-refractivity contribution in [2.75, 3.05) is 13.2 Å². The molecule has 0 saturated carbocycles. The van der Waals surface area contributed by atoms with Gasteiger partial charge in [0.1, 0.15) is 6.04 Å². The summed E-state index contributed by atoms with van der Waals surface area (Å²) in [6, 6.07) is 6.75. The first kappa shape index (κ1) is 14.5. The average molecular weight is 302 g/mol. The van der Waals surface area contributed by atoms with E-state index in [1.807, 2.05) is 24.3 Å². The third-order valence-electron chi connectivity index (χ3n) is 3.70. The summed E-state index contributed by atoms with van der Waals surface area (Å²) in [5.74, 6) is -0.591. The first-order chi connectivity index (χ1) is 10.6. The van der Waals surface area contributed by atoms with Crippen molar-refractivity contribution < 1.29 is 14.3 Å². The van der Waals surface area contributed by atoms with E-state index in [1.165, 1.54) is 0 Å². The maximum atomic E-state index is 12.3. The van der Waals surface area contributed by atoms with Crippen molar-refractivity contribution in [3.05, 3.63) is 30.0 Å². The molecule has 1 aliphatic heterocycles. The molecule has 7 heteroatoms. The van der Waals surface area contributed by atoms with Crippen LogP contribution in [0.4, 0.5) is 0 Å². The second-order valence-electron chi connectivity index (χ2n) is 5.38. The highest BCUT2D eigenvalue weighted by Gasteiger charge is 2.23. The fraction of sp³-hybridized carbons (Fsp3) is 0.400. The highest BCUT2D eigenvalue weighted by atomic mass is 16.5. The molecular weight excluding hydrogens is 284 g/mol. The number of H-pyrrole nitrogens is 1. The van der Waals surface area contributed by atoms with Crippen LogP contribution in [0.25, 0.3) is 10.9 Å². The molecule has 2 heterocycles. The van der Waals surface area contributed by atoms with Crippen LogP contribution in [0.2, 0.25) is 0 Å². The van der Waals surface area contributed by atoms with Crippen LogP contribution in [0.3, 0.4) is 0 Å². The molecule has 1 fully saturated rings. The molecule has 2 atom stereocenters. The molecule has 2 aromatic rings. The number of carbonyl (C=O) groups excluding carboxylic acids is 2. The van der Waals surface area contributed by atoms with Gasteiger partial charge >= 0.3 is 0 Å². The molecule has 1 aliphatic rings. The van der Waals surface area contributed by atoms with Gasteiger partial charge in [-0.05, 0) is 19.4 Å². The molecule has 3 rings (SSSR count). The number of aromatic amines is 1. The fourth-order valence-electron chi connectivity index (χ4n) is 2.44. The molecule has 3 N–H and O–H groups in total. The van der Waals surface area contributed by atoms with Gasteiger partial charge in [0.05, 0.1) is 18.2 Å². The number of nitrogens with zero attached hydrogens (tertiary/aromatic N) is 1. The molecule has 0 aliphatic carbocycles. The third-order valence-corrected chi connectivity index (χ3v) is 3.70. The predicted octanol–water partition coefficient (Wildman–Crippen LogP) is 0.586. The predicted molar refractivity (Wildman–Crippen MR) is 80.4 cm³/mol. The SMILES string of the molecule is C[C@@H](NC(=O)c1n[nH]c2ccccc12)C(=O)N[C@@H]1CCOC1. The van der Waals surface area contributed by atoms with E-state index in [-0.39, 0.29) is 17.9 Å². The summed E-state index contributed by atoms with van der Waals surface area (Å²) in [6.45, 7) is 2.83. The number of hydrogen-bond donors (Lipinski definition) is 3. The maximum Gasteiger partial charge on any atom is 0.273 e. The summed E-state index contributed by atoms with van der Waals surface area (Å²) in [7, 11) is 0. The number of aromatic nitrogens is 2. The summed E-state index contributed by atoms with van der Waals surface area (Å²) in [5.41, 5.74) is 1.08. The maximum absolute atomic E-state index is 12.3. The summed E-state index contributed by atoms with van der Waals surface area (Å²) >= 11 is 0. The van der Waals surface area contributed by atoms with Crippen LogP contribution in [0.15, 0.2) is 24.3 Å². The average Bonchev–Trinajstić information content (AvgIpc) is 3.15. The molecule has 0 radical (unpaired) electrons. The van der Waals surface area contributed by atoms with Gasteiger partial charge < -0.3 is 15.4 Å². The highest BCUT2D eigenvalue weighted by Crippen LogP contribution is 2.14. The monoisotopic (exact) mass is 302 g/mol. The van der Waals surface area contributed by atoms with Crippen LogP contribution in [0.5, 0.6) is 0 Å². The first-order valence-electron chi connectivity index (χ1n) is 7.27. The molecule has 1 saturated heterocycles. The van der Waals surface area contributed by atoms with Crippen molar-refractivity contribution in [3.63, 3.8) is 0 Å². The lowest BCUT2D eigenvalue weighted by atomic mass is 10.2. The van der Waals surface area contributed by atoms with E-state index in [0.29, 0.717) is 18.9 Å². The lowest BCUT2D eigenvalue weighted by Gasteiger charge is -2.16. The third kappa shape index (κ3) is 2.94. The number of benzene rings is 1. The molecule has 1 aromatic heterocycles. The molecule has 0 unspecified atom stereocenters. The van der Waals surface area contributed by atoms with Gasteiger partial charge in [-0.1, -0.05) is 18.2 Å². The molecule has 0 spiro atoms. The van der Waals surface area contributed by atoms with Crippen molar-refractivity contribution in [1.29, 1.82) is 0 Å². The van der Waals surface area contributed by atoms with Gasteiger partial charge in [0.2, 0.25) is 5.91 Å². The second-order valence-corrected chi connectivity index (χ2v) is 5.38. The minimum Gasteiger partial charge on any atom is -0.379 e. The van der Waals surface area contributed by atoms with Crippen molar-refractivity contribution in [2.24, 2.45) is 0 Å². The Morgan fingerprint density at radius 1 is 1.41 bits per heavy atom. The zero-order chi connectivity index (χ0) is 15.5. The zero-order valence-electron chi connectivity index (χ0n) is 12.3. The number of rotatable bonds is 4.